The molecule has 0 aromatic heterocycles. The van der Waals surface area contributed by atoms with E-state index in [-0.39, 0.29) is 161 Å². The van der Waals surface area contributed by atoms with Crippen LogP contribution in [-0.4, -0.2) is 202 Å². The Kier molecular flexibility index (Phi) is 75.4. The van der Waals surface area contributed by atoms with Gasteiger partial charge in [-0.3, -0.25) is 19.2 Å². The molecule has 0 radical (unpaired) electrons. The Morgan fingerprint density at radius 1 is 0.318 bits per heavy atom. The van der Waals surface area contributed by atoms with Gasteiger partial charge in [0, 0.05) is 132 Å². The molecule has 132 heavy (non-hydrogen) atoms. The van der Waals surface area contributed by atoms with Crippen LogP contribution in [0.5, 0.6) is 0 Å². The lowest BCUT2D eigenvalue weighted by Crippen LogP contribution is -2.48. The Labute approximate surface area is 790 Å². The standard InChI is InChI=1S/C30H42N4O4.C20H33N3O3.C15H28N4O6.C15H32N4O2.C12H27N3O.C6H14/c1-4-11-21(2)33-29(36)34-22(3)12-9-10-18-31-28(35)17-19-32-30(37)38-20-27-25-15-7-5-13-23(25)24-14-6-8-16-26(24)27;1-4-10-16(2)22-19(24)23-17(3)11-8-9-14-21-20(25)26-15-18-12-6-5-7-13-18;1-10(5-6-13(21)22)18-15(25)19-11(14(23)24)4-2-3-9-17-12(20)7-8-16;1-4-7-12(2)18-15(21)19-13(3)8-5-6-11-17-14(20)9-10-16;1-4-7-10(2)14-12(16)15-11(3)8-5-6-9-13;1-4-5-6(2)3/h5-8,13-16,21-22,27H,4,9-12,17-20H2,1-3H3,(H,31,35)(H,32,37)(H2,33,34,36);5-7,12-13,16-17H,4,8-11,14-15H2,1-3H3,(H,21,25)(H2,22,23,24);10-11H,2-9,16H2,1H3,(H,17,20)(H,21,22)(H,23,24)(H2,18,19,25);12-13H,4-11,16H2,1-3H3,(H,17,20)(H2,18,19,21);10-11H,4-9,13H2,1-3H3,(H2,14,15,16);6H,4-5H2,1-3H3/t21-,22?;16-,17?;10-,11?;12-,13?;10-,11?;/m11111./s1. The van der Waals surface area contributed by atoms with Crippen LogP contribution in [0, 0.1) is 5.92 Å². The Morgan fingerprint density at radius 3 is 0.970 bits per heavy atom. The normalized spacial score (nSPS) is 13.1. The SMILES string of the molecule is CCCC(C)C.CCC[C@@H](C)NC(=O)NC(C)CCCCN.CCC[C@@H](C)NC(=O)NC(C)CCCCNC(=O)CCN.CCC[C@@H](C)NC(=O)NC(C)CCCCNC(=O)CCNC(=O)OCC1c2ccccc2-c2ccccc21.CCC[C@@H](C)NC(=O)NC(C)CCCCNC(=O)OCc1ccccc1.C[C@H](CCC(=O)O)NC(=O)NC(CCCCNC(=O)CCN)C(=O)O. The van der Waals surface area contributed by atoms with E-state index in [2.05, 4.69) is 152 Å². The van der Waals surface area contributed by atoms with Gasteiger partial charge in [0.25, 0.3) is 0 Å². The number of amides is 15. The van der Waals surface area contributed by atoms with Crippen molar-refractivity contribution in [1.29, 1.82) is 0 Å². The number of fused-ring (bicyclic) bond motifs is 3. The number of alkyl carbamates (subject to hydrolysis) is 2. The van der Waals surface area contributed by atoms with Gasteiger partial charge in [-0.15, -0.1) is 0 Å². The zero-order valence-electron chi connectivity index (χ0n) is 83.1. The Hall–Kier alpha value is -10.2. The molecule has 5 unspecified atom stereocenters. The number of ether oxygens (including phenoxy) is 2. The number of carbonyl (C=O) groups excluding carboxylic acids is 10. The average molecular weight is 1860 g/mol. The van der Waals surface area contributed by atoms with Crippen LogP contribution in [0.1, 0.15) is 326 Å². The van der Waals surface area contributed by atoms with Gasteiger partial charge in [-0.1, -0.05) is 172 Å². The first-order valence-corrected chi connectivity index (χ1v) is 48.7. The van der Waals surface area contributed by atoms with Crippen molar-refractivity contribution in [1.82, 2.24) is 79.8 Å². The van der Waals surface area contributed by atoms with Crippen LogP contribution in [0.2, 0.25) is 0 Å². The lowest BCUT2D eigenvalue weighted by molar-refractivity contribution is -0.139. The van der Waals surface area contributed by atoms with Gasteiger partial charge in [0.2, 0.25) is 17.7 Å². The summed E-state index contributed by atoms with van der Waals surface area (Å²) in [5.41, 5.74) is 21.6. The molecular formula is C98H176N18O16. The predicted molar refractivity (Wildman–Crippen MR) is 528 cm³/mol. The molecule has 4 rings (SSSR count). The number of hydrogen-bond acceptors (Lipinski definition) is 17. The summed E-state index contributed by atoms with van der Waals surface area (Å²) < 4.78 is 10.7. The van der Waals surface area contributed by atoms with E-state index in [0.717, 1.165) is 158 Å². The predicted octanol–water partition coefficient (Wildman–Crippen LogP) is 14.6. The maximum atomic E-state index is 12.2. The van der Waals surface area contributed by atoms with Gasteiger partial charge in [0.15, 0.2) is 0 Å². The molecule has 15 amide bonds. The fraction of sp³-hybridized carbons (Fsp3) is 0.694. The van der Waals surface area contributed by atoms with Crippen molar-refractivity contribution in [2.45, 2.75) is 376 Å². The summed E-state index contributed by atoms with van der Waals surface area (Å²) in [5, 5.41) is 59.9. The van der Waals surface area contributed by atoms with Crippen LogP contribution in [0.3, 0.4) is 0 Å². The highest BCUT2D eigenvalue weighted by molar-refractivity contribution is 5.83. The van der Waals surface area contributed by atoms with Crippen LogP contribution < -0.4 is 97.0 Å². The summed E-state index contributed by atoms with van der Waals surface area (Å²) >= 11 is 0. The number of nitrogens with two attached hydrogens (primary N) is 3. The van der Waals surface area contributed by atoms with Crippen LogP contribution in [0.25, 0.3) is 11.1 Å². The topological polar surface area (TPSA) is 522 Å². The number of rotatable bonds is 59. The molecule has 0 saturated carbocycles. The lowest BCUT2D eigenvalue weighted by Gasteiger charge is -2.18. The first kappa shape index (κ1) is 124. The third kappa shape index (κ3) is 70.5. The number of aliphatic carboxylic acids is 2. The van der Waals surface area contributed by atoms with Gasteiger partial charge in [-0.05, 0) is 225 Å². The average Bonchev–Trinajstić information content (AvgIpc) is 1.62. The Balaban J connectivity index is 0. The molecule has 0 saturated heterocycles. The third-order valence-electron chi connectivity index (χ3n) is 20.9. The second-order valence-corrected chi connectivity index (χ2v) is 34.7. The molecule has 1 aliphatic carbocycles. The van der Waals surface area contributed by atoms with Crippen molar-refractivity contribution in [2.75, 3.05) is 59.0 Å². The third-order valence-corrected chi connectivity index (χ3v) is 20.9. The van der Waals surface area contributed by atoms with E-state index in [1.165, 1.54) is 24.0 Å². The molecule has 0 bridgehead atoms. The second kappa shape index (κ2) is 80.4. The molecular weight excluding hydrogens is 1690 g/mol. The van der Waals surface area contributed by atoms with E-state index < -0.39 is 36.2 Å². The minimum Gasteiger partial charge on any atom is -0.481 e. The van der Waals surface area contributed by atoms with Crippen molar-refractivity contribution in [3.8, 4) is 11.1 Å². The summed E-state index contributed by atoms with van der Waals surface area (Å²) in [5.74, 6) is -1.46. The number of hydrogen-bond donors (Lipinski definition) is 20. The van der Waals surface area contributed by atoms with Crippen LogP contribution in [-0.2, 0) is 40.1 Å². The first-order valence-electron chi connectivity index (χ1n) is 48.7. The Morgan fingerprint density at radius 2 is 0.629 bits per heavy atom. The smallest absolute Gasteiger partial charge is 0.407 e. The van der Waals surface area contributed by atoms with Crippen molar-refractivity contribution < 1.29 is 77.2 Å². The zero-order chi connectivity index (χ0) is 99.2. The molecule has 0 heterocycles. The van der Waals surface area contributed by atoms with E-state index in [1.807, 2.05) is 110 Å². The molecule has 23 N–H and O–H groups in total. The zero-order valence-corrected chi connectivity index (χ0v) is 83.1. The second-order valence-electron chi connectivity index (χ2n) is 34.7. The molecule has 0 aliphatic heterocycles. The number of urea groups is 5. The minimum atomic E-state index is -1.15. The minimum absolute atomic E-state index is 0.00737. The summed E-state index contributed by atoms with van der Waals surface area (Å²) in [6.45, 7) is 37.2. The van der Waals surface area contributed by atoms with Gasteiger partial charge in [0.1, 0.15) is 19.3 Å². The fourth-order valence-corrected chi connectivity index (χ4v) is 13.8. The quantitative estimate of drug-likeness (QED) is 0.0233. The maximum Gasteiger partial charge on any atom is 0.407 e. The highest BCUT2D eigenvalue weighted by Crippen LogP contribution is 2.44. The number of carboxylic acids is 2. The number of benzene rings is 3. The van der Waals surface area contributed by atoms with Gasteiger partial charge >= 0.3 is 54.3 Å². The van der Waals surface area contributed by atoms with E-state index >= 15 is 0 Å². The van der Waals surface area contributed by atoms with Gasteiger partial charge in [-0.25, -0.2) is 38.4 Å². The fourth-order valence-electron chi connectivity index (χ4n) is 13.8. The number of nitrogens with one attached hydrogen (secondary N) is 15. The largest absolute Gasteiger partial charge is 0.481 e. The molecule has 3 aromatic carbocycles. The summed E-state index contributed by atoms with van der Waals surface area (Å²) in [7, 11) is 0. The highest BCUT2D eigenvalue weighted by atomic mass is 16.6. The van der Waals surface area contributed by atoms with Gasteiger partial charge in [-0.2, -0.15) is 0 Å². The molecule has 10 atom stereocenters. The Bertz CT molecular complexity index is 3540. The number of unbranched alkanes of at least 4 members (excludes halogenated alkanes) is 5. The molecule has 754 valence electrons. The molecule has 34 heteroatoms. The van der Waals surface area contributed by atoms with Crippen molar-refractivity contribution >= 4 is 72.0 Å². The van der Waals surface area contributed by atoms with Gasteiger partial charge < -0.3 is 117 Å². The molecule has 34 nitrogen and oxygen atoms in total. The highest BCUT2D eigenvalue weighted by Gasteiger charge is 2.30. The molecule has 0 fully saturated rings. The summed E-state index contributed by atoms with van der Waals surface area (Å²) in [4.78, 5) is 139. The first-order chi connectivity index (χ1) is 63.0. The number of carbonyl (C=O) groups is 12. The van der Waals surface area contributed by atoms with E-state index in [1.54, 1.807) is 6.92 Å². The van der Waals surface area contributed by atoms with Crippen LogP contribution >= 0.6 is 0 Å². The summed E-state index contributed by atoms with van der Waals surface area (Å²) in [6.07, 6.45) is 23.4. The van der Waals surface area contributed by atoms with Crippen molar-refractivity contribution in [2.24, 2.45) is 23.1 Å². The van der Waals surface area contributed by atoms with E-state index in [4.69, 9.17) is 36.9 Å². The van der Waals surface area contributed by atoms with Crippen LogP contribution in [0.15, 0.2) is 78.9 Å². The van der Waals surface area contributed by atoms with E-state index in [0.29, 0.717) is 52.0 Å². The summed E-state index contributed by atoms with van der Waals surface area (Å²) in [6, 6.07) is 24.9. The van der Waals surface area contributed by atoms with Gasteiger partial charge in [0.05, 0.1) is 0 Å². The monoisotopic (exact) mass is 1860 g/mol. The maximum absolute atomic E-state index is 12.2. The number of carboxylic acid groups (broad SMARTS) is 2. The molecule has 0 spiro atoms. The lowest BCUT2D eigenvalue weighted by atomic mass is 9.98. The van der Waals surface area contributed by atoms with Crippen LogP contribution in [0.4, 0.5) is 33.6 Å². The van der Waals surface area contributed by atoms with E-state index in [9.17, 15) is 57.5 Å². The van der Waals surface area contributed by atoms with Crippen molar-refractivity contribution in [3.63, 3.8) is 0 Å². The van der Waals surface area contributed by atoms with Crippen molar-refractivity contribution in [3.05, 3.63) is 95.6 Å². The molecule has 1 aliphatic rings. The molecule has 3 aromatic rings.